The summed E-state index contributed by atoms with van der Waals surface area (Å²) in [7, 11) is 1.79. The van der Waals surface area contributed by atoms with Crippen LogP contribution in [0.2, 0.25) is 0 Å². The van der Waals surface area contributed by atoms with E-state index < -0.39 is 0 Å². The van der Waals surface area contributed by atoms with Gasteiger partial charge in [0.05, 0.1) is 24.4 Å². The van der Waals surface area contributed by atoms with Gasteiger partial charge in [-0.3, -0.25) is 4.79 Å². The number of carbonyl (C=O) groups is 1. The van der Waals surface area contributed by atoms with Crippen LogP contribution < -0.4 is 10.1 Å². The summed E-state index contributed by atoms with van der Waals surface area (Å²) >= 11 is 0. The summed E-state index contributed by atoms with van der Waals surface area (Å²) in [5, 5.41) is 12.6. The Morgan fingerprint density at radius 2 is 2.27 bits per heavy atom. The first-order chi connectivity index (χ1) is 10.5. The molecule has 1 heterocycles. The topological polar surface area (TPSA) is 61.8 Å². The van der Waals surface area contributed by atoms with Gasteiger partial charge in [0.2, 0.25) is 0 Å². The Bertz CT molecular complexity index is 608. The average molecular weight is 302 g/mol. The van der Waals surface area contributed by atoms with E-state index in [1.54, 1.807) is 11.9 Å². The van der Waals surface area contributed by atoms with Crippen molar-refractivity contribution in [2.24, 2.45) is 0 Å². The summed E-state index contributed by atoms with van der Waals surface area (Å²) in [5.74, 6) is 0.565. The molecule has 0 aliphatic carbocycles. The van der Waals surface area contributed by atoms with E-state index in [-0.39, 0.29) is 11.7 Å². The lowest BCUT2D eigenvalue weighted by molar-refractivity contribution is -0.117. The van der Waals surface area contributed by atoms with Crippen molar-refractivity contribution in [2.45, 2.75) is 13.3 Å². The number of likely N-dealkylation sites (N-methyl/N-ethyl adjacent to an activating group) is 1. The fourth-order valence-corrected chi connectivity index (χ4v) is 2.22. The number of amides is 1. The Labute approximate surface area is 130 Å². The van der Waals surface area contributed by atoms with Crippen LogP contribution in [-0.2, 0) is 4.79 Å². The van der Waals surface area contributed by atoms with E-state index >= 15 is 0 Å². The molecule has 22 heavy (non-hydrogen) atoms. The number of nitrogens with zero attached hydrogens (tertiary/aromatic N) is 1. The predicted octanol–water partition coefficient (Wildman–Crippen LogP) is 2.15. The van der Waals surface area contributed by atoms with E-state index in [0.717, 1.165) is 11.3 Å². The van der Waals surface area contributed by atoms with Crippen LogP contribution >= 0.6 is 0 Å². The quantitative estimate of drug-likeness (QED) is 0.791. The van der Waals surface area contributed by atoms with Gasteiger partial charge in [0.25, 0.3) is 5.91 Å². The molecule has 0 radical (unpaired) electrons. The summed E-state index contributed by atoms with van der Waals surface area (Å²) < 4.78 is 5.61. The molecular formula is C17H22N2O3. The average Bonchev–Trinajstić information content (AvgIpc) is 2.74. The van der Waals surface area contributed by atoms with E-state index in [2.05, 4.69) is 11.9 Å². The molecule has 0 unspecified atom stereocenters. The van der Waals surface area contributed by atoms with Gasteiger partial charge >= 0.3 is 0 Å². The molecule has 0 spiro atoms. The van der Waals surface area contributed by atoms with Crippen LogP contribution in [-0.4, -0.2) is 42.7 Å². The maximum absolute atomic E-state index is 12.0. The summed E-state index contributed by atoms with van der Waals surface area (Å²) in [5.41, 5.74) is 2.00. The molecule has 0 saturated carbocycles. The van der Waals surface area contributed by atoms with Crippen molar-refractivity contribution in [3.63, 3.8) is 0 Å². The molecule has 5 nitrogen and oxygen atoms in total. The number of ether oxygens (including phenoxy) is 1. The third-order valence-electron chi connectivity index (χ3n) is 3.55. The van der Waals surface area contributed by atoms with Crippen LogP contribution in [0.15, 0.2) is 47.9 Å². The summed E-state index contributed by atoms with van der Waals surface area (Å²) in [6.45, 7) is 7.14. The lowest BCUT2D eigenvalue weighted by atomic mass is 10.2. The second-order valence-corrected chi connectivity index (χ2v) is 5.40. The molecule has 2 rings (SSSR count). The minimum absolute atomic E-state index is 0.0176. The SMILES string of the molecule is C=C1C(O)=C(C(=O)NCCCOc2cccc(C)c2)CN1C. The third-order valence-corrected chi connectivity index (χ3v) is 3.55. The molecule has 118 valence electrons. The van der Waals surface area contributed by atoms with Gasteiger partial charge in [0.1, 0.15) is 11.5 Å². The molecule has 1 amide bonds. The standard InChI is InChI=1S/C17H22N2O3/c1-12-6-4-7-14(10-12)22-9-5-8-18-17(21)15-11-19(3)13(2)16(15)20/h4,6-7,10,20H,2,5,8-9,11H2,1,3H3,(H,18,21). The fraction of sp³-hybridized carbons (Fsp3) is 0.353. The highest BCUT2D eigenvalue weighted by Gasteiger charge is 2.26. The maximum atomic E-state index is 12.0. The van der Waals surface area contributed by atoms with Crippen LogP contribution in [0, 0.1) is 6.92 Å². The molecule has 2 N–H and O–H groups in total. The minimum atomic E-state index is -0.251. The summed E-state index contributed by atoms with van der Waals surface area (Å²) in [4.78, 5) is 13.7. The van der Waals surface area contributed by atoms with Crippen molar-refractivity contribution in [3.8, 4) is 5.75 Å². The molecule has 1 aromatic carbocycles. The highest BCUT2D eigenvalue weighted by atomic mass is 16.5. The Hall–Kier alpha value is -2.43. The third kappa shape index (κ3) is 3.81. The van der Waals surface area contributed by atoms with Gasteiger partial charge in [0, 0.05) is 13.6 Å². The second-order valence-electron chi connectivity index (χ2n) is 5.40. The van der Waals surface area contributed by atoms with Crippen LogP contribution in [0.3, 0.4) is 0 Å². The normalized spacial score (nSPS) is 14.5. The number of aliphatic hydroxyl groups excluding tert-OH is 1. The lowest BCUT2D eigenvalue weighted by Gasteiger charge is -2.11. The number of nitrogens with one attached hydrogen (secondary N) is 1. The monoisotopic (exact) mass is 302 g/mol. The molecule has 0 saturated heterocycles. The van der Waals surface area contributed by atoms with E-state index in [1.807, 2.05) is 31.2 Å². The van der Waals surface area contributed by atoms with Crippen molar-refractivity contribution in [1.29, 1.82) is 0 Å². The number of aliphatic hydroxyl groups is 1. The number of benzene rings is 1. The fourth-order valence-electron chi connectivity index (χ4n) is 2.22. The van der Waals surface area contributed by atoms with Gasteiger partial charge < -0.3 is 20.1 Å². The van der Waals surface area contributed by atoms with Gasteiger partial charge in [0.15, 0.2) is 0 Å². The molecule has 1 aromatic rings. The number of hydrogen-bond donors (Lipinski definition) is 2. The number of hydrogen-bond acceptors (Lipinski definition) is 4. The Kier molecular flexibility index (Phi) is 5.09. The summed E-state index contributed by atoms with van der Waals surface area (Å²) in [6, 6.07) is 7.85. The molecule has 0 bridgehead atoms. The largest absolute Gasteiger partial charge is 0.505 e. The second kappa shape index (κ2) is 7.02. The zero-order valence-electron chi connectivity index (χ0n) is 13.1. The first-order valence-corrected chi connectivity index (χ1v) is 7.29. The summed E-state index contributed by atoms with van der Waals surface area (Å²) in [6.07, 6.45) is 0.699. The van der Waals surface area contributed by atoms with Crippen LogP contribution in [0.1, 0.15) is 12.0 Å². The van der Waals surface area contributed by atoms with Gasteiger partial charge in [-0.05, 0) is 31.0 Å². The number of rotatable bonds is 6. The zero-order valence-corrected chi connectivity index (χ0v) is 13.1. The van der Waals surface area contributed by atoms with Gasteiger partial charge in [-0.1, -0.05) is 18.7 Å². The van der Waals surface area contributed by atoms with Crippen LogP contribution in [0.5, 0.6) is 5.75 Å². The number of aryl methyl sites for hydroxylation is 1. The van der Waals surface area contributed by atoms with Gasteiger partial charge in [-0.2, -0.15) is 0 Å². The maximum Gasteiger partial charge on any atom is 0.252 e. The lowest BCUT2D eigenvalue weighted by Crippen LogP contribution is -2.29. The Morgan fingerprint density at radius 1 is 1.50 bits per heavy atom. The predicted molar refractivity (Wildman–Crippen MR) is 85.7 cm³/mol. The molecule has 0 aromatic heterocycles. The van der Waals surface area contributed by atoms with E-state index in [0.29, 0.717) is 37.4 Å². The molecule has 0 fully saturated rings. The van der Waals surface area contributed by atoms with Crippen LogP contribution in [0.25, 0.3) is 0 Å². The van der Waals surface area contributed by atoms with Gasteiger partial charge in [-0.15, -0.1) is 0 Å². The van der Waals surface area contributed by atoms with Crippen molar-refractivity contribution in [1.82, 2.24) is 10.2 Å². The van der Waals surface area contributed by atoms with Crippen LogP contribution in [0.4, 0.5) is 0 Å². The minimum Gasteiger partial charge on any atom is -0.505 e. The Balaban J connectivity index is 1.71. The number of carbonyl (C=O) groups excluding carboxylic acids is 1. The highest BCUT2D eigenvalue weighted by molar-refractivity contribution is 5.95. The van der Waals surface area contributed by atoms with E-state index in [9.17, 15) is 9.90 Å². The van der Waals surface area contributed by atoms with E-state index in [1.165, 1.54) is 0 Å². The van der Waals surface area contributed by atoms with Crippen molar-refractivity contribution in [2.75, 3.05) is 26.7 Å². The molecule has 1 aliphatic rings. The van der Waals surface area contributed by atoms with Crippen molar-refractivity contribution in [3.05, 3.63) is 53.4 Å². The molecule has 0 atom stereocenters. The molecular weight excluding hydrogens is 280 g/mol. The smallest absolute Gasteiger partial charge is 0.252 e. The molecule has 1 aliphatic heterocycles. The Morgan fingerprint density at radius 3 is 2.91 bits per heavy atom. The van der Waals surface area contributed by atoms with Crippen molar-refractivity contribution >= 4 is 5.91 Å². The van der Waals surface area contributed by atoms with Gasteiger partial charge in [-0.25, -0.2) is 0 Å². The van der Waals surface area contributed by atoms with Crippen molar-refractivity contribution < 1.29 is 14.6 Å². The van der Waals surface area contributed by atoms with E-state index in [4.69, 9.17) is 4.74 Å². The molecule has 5 heteroatoms. The first kappa shape index (κ1) is 15.9. The first-order valence-electron chi connectivity index (χ1n) is 7.29. The zero-order chi connectivity index (χ0) is 16.1. The highest BCUT2D eigenvalue weighted by Crippen LogP contribution is 2.22.